The van der Waals surface area contributed by atoms with E-state index in [4.69, 9.17) is 5.11 Å². The number of phenols is 1. The molecule has 0 saturated carbocycles. The van der Waals surface area contributed by atoms with Crippen molar-refractivity contribution in [1.29, 1.82) is 0 Å². The molecule has 0 amide bonds. The zero-order chi connectivity index (χ0) is 12.3. The van der Waals surface area contributed by atoms with Crippen molar-refractivity contribution in [3.05, 3.63) is 58.3 Å². The van der Waals surface area contributed by atoms with Crippen LogP contribution in [0.5, 0.6) is 5.75 Å². The molecule has 0 aromatic heterocycles. The Bertz CT molecular complexity index is 513. The lowest BCUT2D eigenvalue weighted by Gasteiger charge is -2.04. The van der Waals surface area contributed by atoms with E-state index in [1.165, 1.54) is 17.8 Å². The average Bonchev–Trinajstić information content (AvgIpc) is 2.32. The van der Waals surface area contributed by atoms with Crippen LogP contribution in [0.15, 0.2) is 51.8 Å². The average molecular weight is 313 g/mol. The fourth-order valence-corrected chi connectivity index (χ4v) is 2.64. The van der Waals surface area contributed by atoms with Crippen LogP contribution in [0.2, 0.25) is 0 Å². The van der Waals surface area contributed by atoms with Gasteiger partial charge in [-0.1, -0.05) is 15.9 Å². The fraction of sp³-hybridized carbons (Fsp3) is 0.0769. The second-order valence-electron chi connectivity index (χ2n) is 3.52. The zero-order valence-corrected chi connectivity index (χ0v) is 11.3. The summed E-state index contributed by atoms with van der Waals surface area (Å²) >= 11 is 4.86. The Labute approximate surface area is 112 Å². The Morgan fingerprint density at radius 1 is 1.12 bits per heavy atom. The standard InChI is InChI=1S/C13H10BrFOS/c14-10-1-6-13(15)9(7-10)8-17-12-4-2-11(16)3-5-12/h1-7,16H,8H2. The topological polar surface area (TPSA) is 20.2 Å². The maximum atomic E-state index is 13.5. The van der Waals surface area contributed by atoms with Crippen molar-refractivity contribution in [2.24, 2.45) is 0 Å². The van der Waals surface area contributed by atoms with Crippen LogP contribution in [0.3, 0.4) is 0 Å². The first-order chi connectivity index (χ1) is 8.15. The summed E-state index contributed by atoms with van der Waals surface area (Å²) in [7, 11) is 0. The summed E-state index contributed by atoms with van der Waals surface area (Å²) in [6.45, 7) is 0. The third kappa shape index (κ3) is 3.48. The van der Waals surface area contributed by atoms with Crippen LogP contribution in [0, 0.1) is 5.82 Å². The van der Waals surface area contributed by atoms with Crippen molar-refractivity contribution < 1.29 is 9.50 Å². The highest BCUT2D eigenvalue weighted by Gasteiger charge is 2.03. The Morgan fingerprint density at radius 3 is 2.53 bits per heavy atom. The van der Waals surface area contributed by atoms with E-state index in [1.807, 2.05) is 12.1 Å². The number of thioether (sulfide) groups is 1. The quantitative estimate of drug-likeness (QED) is 0.837. The van der Waals surface area contributed by atoms with Crippen LogP contribution in [-0.2, 0) is 5.75 Å². The Kier molecular flexibility index (Phi) is 4.07. The van der Waals surface area contributed by atoms with Gasteiger partial charge in [-0.3, -0.25) is 0 Å². The molecule has 1 N–H and O–H groups in total. The van der Waals surface area contributed by atoms with Crippen molar-refractivity contribution in [1.82, 2.24) is 0 Å². The van der Waals surface area contributed by atoms with Crippen LogP contribution in [0.1, 0.15) is 5.56 Å². The molecule has 17 heavy (non-hydrogen) atoms. The predicted molar refractivity (Wildman–Crippen MR) is 71.8 cm³/mol. The molecule has 4 heteroatoms. The molecule has 2 aromatic carbocycles. The second-order valence-corrected chi connectivity index (χ2v) is 5.48. The zero-order valence-electron chi connectivity index (χ0n) is 8.86. The van der Waals surface area contributed by atoms with Crippen molar-refractivity contribution in [3.8, 4) is 5.75 Å². The number of hydrogen-bond donors (Lipinski definition) is 1. The predicted octanol–water partition coefficient (Wildman–Crippen LogP) is 4.59. The van der Waals surface area contributed by atoms with E-state index in [0.717, 1.165) is 9.37 Å². The van der Waals surface area contributed by atoms with Crippen LogP contribution in [-0.4, -0.2) is 5.11 Å². The lowest BCUT2D eigenvalue weighted by Crippen LogP contribution is -1.87. The van der Waals surface area contributed by atoms with Crippen molar-refractivity contribution >= 4 is 27.7 Å². The molecule has 0 spiro atoms. The highest BCUT2D eigenvalue weighted by molar-refractivity contribution is 9.10. The molecule has 0 heterocycles. The fourth-order valence-electron chi connectivity index (χ4n) is 1.36. The summed E-state index contributed by atoms with van der Waals surface area (Å²) in [6.07, 6.45) is 0. The van der Waals surface area contributed by atoms with Gasteiger partial charge < -0.3 is 5.11 Å². The largest absolute Gasteiger partial charge is 0.508 e. The van der Waals surface area contributed by atoms with E-state index in [1.54, 1.807) is 24.3 Å². The number of hydrogen-bond acceptors (Lipinski definition) is 2. The summed E-state index contributed by atoms with van der Waals surface area (Å²) < 4.78 is 14.3. The van der Waals surface area contributed by atoms with Crippen molar-refractivity contribution in [2.45, 2.75) is 10.6 Å². The van der Waals surface area contributed by atoms with Gasteiger partial charge in [-0.25, -0.2) is 4.39 Å². The van der Waals surface area contributed by atoms with E-state index in [0.29, 0.717) is 11.3 Å². The van der Waals surface area contributed by atoms with Gasteiger partial charge in [0.25, 0.3) is 0 Å². The number of halogens is 2. The molecule has 2 rings (SSSR count). The maximum absolute atomic E-state index is 13.5. The normalized spacial score (nSPS) is 10.5. The second kappa shape index (κ2) is 5.56. The van der Waals surface area contributed by atoms with Gasteiger partial charge >= 0.3 is 0 Å². The number of phenolic OH excluding ortho intramolecular Hbond substituents is 1. The third-order valence-corrected chi connectivity index (χ3v) is 3.79. The molecule has 0 radical (unpaired) electrons. The molecule has 0 aliphatic rings. The summed E-state index contributed by atoms with van der Waals surface area (Å²) in [4.78, 5) is 1.00. The van der Waals surface area contributed by atoms with Gasteiger partial charge in [0.15, 0.2) is 0 Å². The molecule has 0 bridgehead atoms. The molecule has 0 aliphatic carbocycles. The van der Waals surface area contributed by atoms with Crippen LogP contribution < -0.4 is 0 Å². The van der Waals surface area contributed by atoms with E-state index in [2.05, 4.69) is 15.9 Å². The molecule has 2 aromatic rings. The van der Waals surface area contributed by atoms with Gasteiger partial charge in [-0.2, -0.15) is 0 Å². The summed E-state index contributed by atoms with van der Waals surface area (Å²) in [6, 6.07) is 11.8. The smallest absolute Gasteiger partial charge is 0.127 e. The van der Waals surface area contributed by atoms with Crippen LogP contribution >= 0.6 is 27.7 Å². The van der Waals surface area contributed by atoms with E-state index < -0.39 is 0 Å². The molecule has 0 atom stereocenters. The molecule has 0 fully saturated rings. The molecule has 0 unspecified atom stereocenters. The van der Waals surface area contributed by atoms with E-state index in [9.17, 15) is 4.39 Å². The minimum atomic E-state index is -0.195. The molecule has 1 nitrogen and oxygen atoms in total. The monoisotopic (exact) mass is 312 g/mol. The highest BCUT2D eigenvalue weighted by Crippen LogP contribution is 2.26. The first-order valence-electron chi connectivity index (χ1n) is 5.01. The number of aromatic hydroxyl groups is 1. The first kappa shape index (κ1) is 12.5. The minimum Gasteiger partial charge on any atom is -0.508 e. The third-order valence-electron chi connectivity index (χ3n) is 2.24. The van der Waals surface area contributed by atoms with Gasteiger partial charge in [0.1, 0.15) is 11.6 Å². The lowest BCUT2D eigenvalue weighted by atomic mass is 10.2. The molecular weight excluding hydrogens is 303 g/mol. The highest BCUT2D eigenvalue weighted by atomic mass is 79.9. The van der Waals surface area contributed by atoms with E-state index >= 15 is 0 Å². The summed E-state index contributed by atoms with van der Waals surface area (Å²) in [5.41, 5.74) is 0.664. The SMILES string of the molecule is Oc1ccc(SCc2cc(Br)ccc2F)cc1. The molecule has 88 valence electrons. The van der Waals surface area contributed by atoms with E-state index in [-0.39, 0.29) is 11.6 Å². The van der Waals surface area contributed by atoms with Gasteiger partial charge in [-0.15, -0.1) is 11.8 Å². The summed E-state index contributed by atoms with van der Waals surface area (Å²) in [5, 5.41) is 9.15. The Morgan fingerprint density at radius 2 is 1.82 bits per heavy atom. The molecule has 0 saturated heterocycles. The van der Waals surface area contributed by atoms with Gasteiger partial charge in [0.2, 0.25) is 0 Å². The van der Waals surface area contributed by atoms with Crippen LogP contribution in [0.4, 0.5) is 4.39 Å². The lowest BCUT2D eigenvalue weighted by molar-refractivity contribution is 0.475. The van der Waals surface area contributed by atoms with Gasteiger partial charge in [0.05, 0.1) is 0 Å². The summed E-state index contributed by atoms with van der Waals surface area (Å²) in [5.74, 6) is 0.609. The first-order valence-corrected chi connectivity index (χ1v) is 6.79. The van der Waals surface area contributed by atoms with Crippen molar-refractivity contribution in [3.63, 3.8) is 0 Å². The van der Waals surface area contributed by atoms with Gasteiger partial charge in [0, 0.05) is 15.1 Å². The Hall–Kier alpha value is -1.00. The van der Waals surface area contributed by atoms with Gasteiger partial charge in [-0.05, 0) is 48.0 Å². The maximum Gasteiger partial charge on any atom is 0.127 e. The molecule has 0 aliphatic heterocycles. The number of benzene rings is 2. The minimum absolute atomic E-state index is 0.195. The number of rotatable bonds is 3. The van der Waals surface area contributed by atoms with Crippen molar-refractivity contribution in [2.75, 3.05) is 0 Å². The van der Waals surface area contributed by atoms with Crippen LogP contribution in [0.25, 0.3) is 0 Å². The Balaban J connectivity index is 2.07. The molecular formula is C13H10BrFOS.